The van der Waals surface area contributed by atoms with Crippen molar-refractivity contribution in [1.29, 1.82) is 0 Å². The van der Waals surface area contributed by atoms with Crippen LogP contribution < -0.4 is 0 Å². The van der Waals surface area contributed by atoms with Crippen molar-refractivity contribution in [1.82, 2.24) is 14.8 Å². The molecular weight excluding hydrogens is 374 g/mol. The number of H-pyrrole nitrogens is 1. The van der Waals surface area contributed by atoms with E-state index in [1.807, 2.05) is 23.1 Å². The van der Waals surface area contributed by atoms with Gasteiger partial charge >= 0.3 is 11.6 Å². The Morgan fingerprint density at radius 3 is 2.29 bits per heavy atom. The van der Waals surface area contributed by atoms with Gasteiger partial charge in [0.2, 0.25) is 0 Å². The van der Waals surface area contributed by atoms with E-state index in [2.05, 4.69) is 54.2 Å². The molecule has 1 amide bonds. The van der Waals surface area contributed by atoms with Crippen molar-refractivity contribution in [2.24, 2.45) is 0 Å². The Morgan fingerprint density at radius 2 is 1.64 bits per heavy atom. The highest BCUT2D eigenvalue weighted by Crippen LogP contribution is 2.33. The molecule has 0 saturated carbocycles. The molecule has 2 aromatic carbocycles. The molecule has 4 rings (SSSR count). The van der Waals surface area contributed by atoms with E-state index in [0.29, 0.717) is 5.69 Å². The van der Waals surface area contributed by atoms with Crippen LogP contribution in [0.25, 0.3) is 22.0 Å². The van der Waals surface area contributed by atoms with Gasteiger partial charge in [-0.25, -0.2) is 0 Å². The van der Waals surface area contributed by atoms with Crippen LogP contribution in [0.15, 0.2) is 48.5 Å². The van der Waals surface area contributed by atoms with Gasteiger partial charge in [-0.1, -0.05) is 42.0 Å². The number of nitrogens with zero attached hydrogens (tertiary/aromatic N) is 2. The predicted octanol–water partition coefficient (Wildman–Crippen LogP) is 2.86. The number of aromatic amines is 1. The number of nitrogens with one attached hydrogen (secondary N) is 1. The summed E-state index contributed by atoms with van der Waals surface area (Å²) in [6, 6.07) is 16.5. The molecule has 1 aliphatic heterocycles. The summed E-state index contributed by atoms with van der Waals surface area (Å²) >= 11 is -0.750. The minimum Gasteiger partial charge on any atom is -0.350 e. The monoisotopic (exact) mass is 397 g/mol. The molecule has 1 fully saturated rings. The van der Waals surface area contributed by atoms with E-state index in [4.69, 9.17) is 8.42 Å². The van der Waals surface area contributed by atoms with Gasteiger partial charge in [0.1, 0.15) is 5.69 Å². The molecule has 1 aromatic heterocycles. The number of aryl methyl sites for hydroxylation is 1. The fourth-order valence-corrected chi connectivity index (χ4v) is 3.54. The number of hydrogen-bond donors (Lipinski definition) is 1. The summed E-state index contributed by atoms with van der Waals surface area (Å²) < 4.78 is 16.6. The average Bonchev–Trinajstić information content (AvgIpc) is 3.08. The molecule has 1 N–H and O–H groups in total. The maximum Gasteiger partial charge on any atom is 0.335 e. The standard InChI is InChI=1S/C21H23N3O.O2S/c1-15-8-9-18-17(14-15)19(16-6-4-3-5-7-16)20(22-18)21(25)24-12-10-23(2)11-13-24;1-3-2/h3-9,14,22H,10-13H2,1-2H3;. The number of likely N-dealkylation sites (N-methyl/N-ethyl adjacent to an activating group) is 1. The number of amides is 1. The van der Waals surface area contributed by atoms with Gasteiger partial charge in [0.15, 0.2) is 0 Å². The van der Waals surface area contributed by atoms with Crippen LogP contribution in [0.1, 0.15) is 16.1 Å². The highest BCUT2D eigenvalue weighted by atomic mass is 32.1. The fourth-order valence-electron chi connectivity index (χ4n) is 3.54. The van der Waals surface area contributed by atoms with Crippen LogP contribution in [-0.4, -0.2) is 62.3 Å². The van der Waals surface area contributed by atoms with Crippen LogP contribution >= 0.6 is 0 Å². The maximum absolute atomic E-state index is 13.2. The lowest BCUT2D eigenvalue weighted by atomic mass is 10.00. The number of carbonyl (C=O) groups is 1. The summed E-state index contributed by atoms with van der Waals surface area (Å²) in [5, 5.41) is 1.11. The highest BCUT2D eigenvalue weighted by molar-refractivity contribution is 7.51. The SMILES string of the molecule is Cc1ccc2[nH]c(C(=O)N3CCN(C)CC3)c(-c3ccccc3)c2c1.O=S=O. The number of rotatable bonds is 2. The first-order valence-electron chi connectivity index (χ1n) is 9.12. The van der Waals surface area contributed by atoms with Crippen LogP contribution in [0.4, 0.5) is 0 Å². The number of fused-ring (bicyclic) bond motifs is 1. The number of hydrogen-bond acceptors (Lipinski definition) is 4. The fraction of sp³-hybridized carbons (Fsp3) is 0.286. The van der Waals surface area contributed by atoms with Gasteiger partial charge in [-0.2, -0.15) is 8.42 Å². The first kappa shape index (κ1) is 20.0. The molecule has 2 heterocycles. The van der Waals surface area contributed by atoms with Crippen molar-refractivity contribution >= 4 is 28.4 Å². The van der Waals surface area contributed by atoms with E-state index in [1.54, 1.807) is 0 Å². The molecule has 0 atom stereocenters. The van der Waals surface area contributed by atoms with Crippen LogP contribution in [0.5, 0.6) is 0 Å². The lowest BCUT2D eigenvalue weighted by Crippen LogP contribution is -2.47. The van der Waals surface area contributed by atoms with E-state index in [1.165, 1.54) is 5.56 Å². The van der Waals surface area contributed by atoms with Gasteiger partial charge in [-0.05, 0) is 31.7 Å². The smallest absolute Gasteiger partial charge is 0.335 e. The van der Waals surface area contributed by atoms with E-state index >= 15 is 0 Å². The Hall–Kier alpha value is -2.77. The van der Waals surface area contributed by atoms with Crippen LogP contribution in [0.2, 0.25) is 0 Å². The number of piperazine rings is 1. The molecule has 0 aliphatic carbocycles. The first-order valence-corrected chi connectivity index (χ1v) is 9.79. The number of benzene rings is 2. The molecule has 6 nitrogen and oxygen atoms in total. The summed E-state index contributed by atoms with van der Waals surface area (Å²) in [5.41, 5.74) is 5.01. The van der Waals surface area contributed by atoms with Gasteiger partial charge in [0.05, 0.1) is 0 Å². The summed E-state index contributed by atoms with van der Waals surface area (Å²) in [7, 11) is 2.10. The Morgan fingerprint density at radius 1 is 1.00 bits per heavy atom. The topological polar surface area (TPSA) is 73.5 Å². The molecular formula is C21H23N3O3S. The Balaban J connectivity index is 0.000000706. The molecule has 1 saturated heterocycles. The zero-order valence-electron chi connectivity index (χ0n) is 16.0. The molecule has 28 heavy (non-hydrogen) atoms. The third-order valence-electron chi connectivity index (χ3n) is 5.02. The molecule has 146 valence electrons. The normalized spacial score (nSPS) is 14.4. The maximum atomic E-state index is 13.2. The molecule has 3 aromatic rings. The Labute approximate surface area is 167 Å². The van der Waals surface area contributed by atoms with Crippen molar-refractivity contribution < 1.29 is 13.2 Å². The van der Waals surface area contributed by atoms with Crippen LogP contribution in [0.3, 0.4) is 0 Å². The average molecular weight is 398 g/mol. The van der Waals surface area contributed by atoms with Crippen molar-refractivity contribution in [3.63, 3.8) is 0 Å². The van der Waals surface area contributed by atoms with Gasteiger partial charge < -0.3 is 14.8 Å². The van der Waals surface area contributed by atoms with Crippen molar-refractivity contribution in [2.45, 2.75) is 6.92 Å². The van der Waals surface area contributed by atoms with Crippen molar-refractivity contribution in [2.75, 3.05) is 33.2 Å². The molecule has 7 heteroatoms. The van der Waals surface area contributed by atoms with E-state index < -0.39 is 11.6 Å². The molecule has 0 bridgehead atoms. The Kier molecular flexibility index (Phi) is 6.38. The lowest BCUT2D eigenvalue weighted by Gasteiger charge is -2.32. The second-order valence-electron chi connectivity index (χ2n) is 6.95. The number of aromatic nitrogens is 1. The van der Waals surface area contributed by atoms with E-state index in [9.17, 15) is 4.79 Å². The molecule has 0 radical (unpaired) electrons. The summed E-state index contributed by atoms with van der Waals surface area (Å²) in [4.78, 5) is 20.8. The third-order valence-corrected chi connectivity index (χ3v) is 5.02. The Bertz CT molecular complexity index is 1000. The largest absolute Gasteiger partial charge is 0.350 e. The van der Waals surface area contributed by atoms with E-state index in [0.717, 1.165) is 48.2 Å². The summed E-state index contributed by atoms with van der Waals surface area (Å²) in [6.45, 7) is 5.48. The second-order valence-corrected chi connectivity index (χ2v) is 7.09. The predicted molar refractivity (Wildman–Crippen MR) is 111 cm³/mol. The minimum atomic E-state index is -0.750. The second kappa shape index (κ2) is 8.95. The minimum absolute atomic E-state index is 0.0980. The molecule has 0 unspecified atom stereocenters. The third kappa shape index (κ3) is 4.21. The quantitative estimate of drug-likeness (QED) is 0.722. The lowest BCUT2D eigenvalue weighted by molar-refractivity contribution is 0.0660. The number of carbonyl (C=O) groups excluding carboxylic acids is 1. The summed E-state index contributed by atoms with van der Waals surface area (Å²) in [6.07, 6.45) is 0. The van der Waals surface area contributed by atoms with Gasteiger partial charge in [-0.3, -0.25) is 4.79 Å². The zero-order valence-corrected chi connectivity index (χ0v) is 16.8. The van der Waals surface area contributed by atoms with Crippen LogP contribution in [0, 0.1) is 6.92 Å². The van der Waals surface area contributed by atoms with Crippen molar-refractivity contribution in [3.8, 4) is 11.1 Å². The van der Waals surface area contributed by atoms with Gasteiger partial charge in [0.25, 0.3) is 5.91 Å². The molecule has 1 aliphatic rings. The molecule has 0 spiro atoms. The van der Waals surface area contributed by atoms with Crippen LogP contribution in [-0.2, 0) is 11.6 Å². The highest BCUT2D eigenvalue weighted by Gasteiger charge is 2.25. The first-order chi connectivity index (χ1) is 13.5. The summed E-state index contributed by atoms with van der Waals surface area (Å²) in [5.74, 6) is 0.0980. The van der Waals surface area contributed by atoms with Gasteiger partial charge in [0, 0.05) is 42.6 Å². The zero-order chi connectivity index (χ0) is 20.1. The van der Waals surface area contributed by atoms with Gasteiger partial charge in [-0.15, -0.1) is 0 Å². The van der Waals surface area contributed by atoms with Crippen molar-refractivity contribution in [3.05, 3.63) is 59.8 Å². The van der Waals surface area contributed by atoms with E-state index in [-0.39, 0.29) is 5.91 Å².